The Balaban J connectivity index is 4.27. The lowest BCUT2D eigenvalue weighted by molar-refractivity contribution is -0.167. The summed E-state index contributed by atoms with van der Waals surface area (Å²) in [5.41, 5.74) is 0. The summed E-state index contributed by atoms with van der Waals surface area (Å²) in [6.07, 6.45) is 57.0. The Labute approximate surface area is 372 Å². The van der Waals surface area contributed by atoms with Crippen LogP contribution in [0.3, 0.4) is 0 Å². The fraction of sp³-hybridized carbons (Fsp3) is 0.833. The van der Waals surface area contributed by atoms with Gasteiger partial charge < -0.3 is 14.2 Å². The smallest absolute Gasteiger partial charge is 0.306 e. The molecule has 1 atom stereocenters. The maximum absolute atomic E-state index is 12.7. The quantitative estimate of drug-likeness (QED) is 0.0263. The molecule has 0 spiro atoms. The highest BCUT2D eigenvalue weighted by atomic mass is 16.6. The lowest BCUT2D eigenvalue weighted by Gasteiger charge is -2.18. The number of allylic oxidation sites excluding steroid dienone is 6. The number of carbonyl (C=O) groups excluding carboxylic acids is 3. The molecule has 0 aromatic carbocycles. The van der Waals surface area contributed by atoms with E-state index in [0.717, 1.165) is 77.0 Å². The van der Waals surface area contributed by atoms with Gasteiger partial charge in [0.15, 0.2) is 6.10 Å². The van der Waals surface area contributed by atoms with Crippen LogP contribution in [0.1, 0.15) is 271 Å². The van der Waals surface area contributed by atoms with Crippen molar-refractivity contribution < 1.29 is 28.6 Å². The van der Waals surface area contributed by atoms with Crippen LogP contribution in [0, 0.1) is 0 Å². The standard InChI is InChI=1S/C54H98O6/c1-4-7-10-13-16-19-21-23-24-25-26-27-28-29-30-31-33-35-38-41-44-47-53(56)59-50-51(49-58-52(55)46-43-40-37-34-18-15-12-9-6-3)60-54(57)48-45-42-39-36-32-22-20-17-14-11-8-5-2/h21,23,25-26,28-29,51H,4-20,22,24,27,30-50H2,1-3H3/b23-21-,26-25-,29-28-. The van der Waals surface area contributed by atoms with Gasteiger partial charge in [-0.05, 0) is 57.8 Å². The second-order valence-corrected chi connectivity index (χ2v) is 17.4. The van der Waals surface area contributed by atoms with Gasteiger partial charge in [0.05, 0.1) is 0 Å². The van der Waals surface area contributed by atoms with E-state index in [0.29, 0.717) is 19.3 Å². The first-order chi connectivity index (χ1) is 29.5. The monoisotopic (exact) mass is 843 g/mol. The van der Waals surface area contributed by atoms with Crippen molar-refractivity contribution in [2.24, 2.45) is 0 Å². The molecule has 0 heterocycles. The number of hydrogen-bond donors (Lipinski definition) is 0. The van der Waals surface area contributed by atoms with E-state index < -0.39 is 6.10 Å². The van der Waals surface area contributed by atoms with E-state index in [2.05, 4.69) is 57.2 Å². The molecule has 0 radical (unpaired) electrons. The highest BCUT2D eigenvalue weighted by Crippen LogP contribution is 2.15. The van der Waals surface area contributed by atoms with Crippen LogP contribution in [0.2, 0.25) is 0 Å². The van der Waals surface area contributed by atoms with Gasteiger partial charge in [-0.2, -0.15) is 0 Å². The van der Waals surface area contributed by atoms with Gasteiger partial charge in [-0.15, -0.1) is 0 Å². The number of unbranched alkanes of at least 4 members (excludes halogenated alkanes) is 30. The summed E-state index contributed by atoms with van der Waals surface area (Å²) in [5, 5.41) is 0. The zero-order chi connectivity index (χ0) is 43.7. The zero-order valence-corrected chi connectivity index (χ0v) is 40.0. The summed E-state index contributed by atoms with van der Waals surface area (Å²) in [6.45, 7) is 6.61. The van der Waals surface area contributed by atoms with Gasteiger partial charge in [0.2, 0.25) is 0 Å². The molecule has 0 saturated carbocycles. The minimum absolute atomic E-state index is 0.0728. The van der Waals surface area contributed by atoms with Crippen molar-refractivity contribution in [1.82, 2.24) is 0 Å². The highest BCUT2D eigenvalue weighted by molar-refractivity contribution is 5.71. The second-order valence-electron chi connectivity index (χ2n) is 17.4. The Morgan fingerprint density at radius 1 is 0.333 bits per heavy atom. The van der Waals surface area contributed by atoms with Crippen LogP contribution in [0.15, 0.2) is 36.5 Å². The Kier molecular flexibility index (Phi) is 47.3. The average Bonchev–Trinajstić information content (AvgIpc) is 3.24. The molecule has 0 amide bonds. The molecule has 0 aliphatic rings. The molecule has 6 nitrogen and oxygen atoms in total. The van der Waals surface area contributed by atoms with Crippen molar-refractivity contribution in [2.45, 2.75) is 277 Å². The molecule has 1 unspecified atom stereocenters. The highest BCUT2D eigenvalue weighted by Gasteiger charge is 2.19. The third-order valence-corrected chi connectivity index (χ3v) is 11.4. The summed E-state index contributed by atoms with van der Waals surface area (Å²) in [6, 6.07) is 0. The first-order valence-electron chi connectivity index (χ1n) is 26.0. The topological polar surface area (TPSA) is 78.9 Å². The number of carbonyl (C=O) groups is 3. The largest absolute Gasteiger partial charge is 0.462 e. The molecule has 0 N–H and O–H groups in total. The van der Waals surface area contributed by atoms with Crippen LogP contribution in [0.25, 0.3) is 0 Å². The van der Waals surface area contributed by atoms with Crippen molar-refractivity contribution in [3.05, 3.63) is 36.5 Å². The number of rotatable bonds is 47. The maximum atomic E-state index is 12.7. The van der Waals surface area contributed by atoms with Gasteiger partial charge in [0, 0.05) is 19.3 Å². The molecule has 0 aromatic rings. The van der Waals surface area contributed by atoms with Crippen LogP contribution in [0.4, 0.5) is 0 Å². The fourth-order valence-electron chi connectivity index (χ4n) is 7.45. The number of ether oxygens (including phenoxy) is 3. The summed E-state index contributed by atoms with van der Waals surface area (Å²) in [4.78, 5) is 37.8. The van der Waals surface area contributed by atoms with Gasteiger partial charge in [-0.1, -0.05) is 231 Å². The van der Waals surface area contributed by atoms with Crippen LogP contribution in [-0.2, 0) is 28.6 Å². The van der Waals surface area contributed by atoms with Gasteiger partial charge in [0.25, 0.3) is 0 Å². The Morgan fingerprint density at radius 2 is 0.600 bits per heavy atom. The normalized spacial score (nSPS) is 12.2. The Morgan fingerprint density at radius 3 is 0.933 bits per heavy atom. The lowest BCUT2D eigenvalue weighted by atomic mass is 10.0. The van der Waals surface area contributed by atoms with Crippen molar-refractivity contribution in [1.29, 1.82) is 0 Å². The molecule has 0 bridgehead atoms. The van der Waals surface area contributed by atoms with E-state index in [1.54, 1.807) is 0 Å². The van der Waals surface area contributed by atoms with E-state index in [1.807, 2.05) is 0 Å². The molecular formula is C54H98O6. The van der Waals surface area contributed by atoms with Crippen LogP contribution < -0.4 is 0 Å². The molecule has 0 aromatic heterocycles. The molecule has 0 aliphatic carbocycles. The minimum Gasteiger partial charge on any atom is -0.462 e. The number of esters is 3. The predicted molar refractivity (Wildman–Crippen MR) is 256 cm³/mol. The van der Waals surface area contributed by atoms with Crippen molar-refractivity contribution in [3.63, 3.8) is 0 Å². The molecule has 6 heteroatoms. The number of hydrogen-bond acceptors (Lipinski definition) is 6. The summed E-state index contributed by atoms with van der Waals surface area (Å²) in [7, 11) is 0. The summed E-state index contributed by atoms with van der Waals surface area (Å²) >= 11 is 0. The second kappa shape index (κ2) is 49.3. The van der Waals surface area contributed by atoms with Gasteiger partial charge in [-0.3, -0.25) is 14.4 Å². The SMILES string of the molecule is CCCCCCC/C=C\C/C=C\C/C=C\CCCCCCCCC(=O)OCC(COC(=O)CCCCCCCCCCC)OC(=O)CCCCCCCCCCCCCC. The molecule has 0 fully saturated rings. The molecular weight excluding hydrogens is 745 g/mol. The summed E-state index contributed by atoms with van der Waals surface area (Å²) < 4.78 is 16.7. The van der Waals surface area contributed by atoms with Crippen LogP contribution in [0.5, 0.6) is 0 Å². The molecule has 0 rings (SSSR count). The third kappa shape index (κ3) is 46.7. The third-order valence-electron chi connectivity index (χ3n) is 11.4. The first-order valence-corrected chi connectivity index (χ1v) is 26.0. The van der Waals surface area contributed by atoms with Gasteiger partial charge in [0.1, 0.15) is 13.2 Å². The maximum Gasteiger partial charge on any atom is 0.306 e. The van der Waals surface area contributed by atoms with Crippen molar-refractivity contribution in [3.8, 4) is 0 Å². The molecule has 350 valence electrons. The van der Waals surface area contributed by atoms with Gasteiger partial charge >= 0.3 is 17.9 Å². The molecule has 0 aliphatic heterocycles. The minimum atomic E-state index is -0.771. The van der Waals surface area contributed by atoms with Crippen molar-refractivity contribution >= 4 is 17.9 Å². The van der Waals surface area contributed by atoms with E-state index in [4.69, 9.17) is 14.2 Å². The van der Waals surface area contributed by atoms with E-state index >= 15 is 0 Å². The van der Waals surface area contributed by atoms with E-state index in [9.17, 15) is 14.4 Å². The average molecular weight is 843 g/mol. The molecule has 60 heavy (non-hydrogen) atoms. The summed E-state index contributed by atoms with van der Waals surface area (Å²) in [5.74, 6) is -0.879. The van der Waals surface area contributed by atoms with Crippen LogP contribution >= 0.6 is 0 Å². The van der Waals surface area contributed by atoms with E-state index in [-0.39, 0.29) is 31.1 Å². The molecule has 0 saturated heterocycles. The van der Waals surface area contributed by atoms with Gasteiger partial charge in [-0.25, -0.2) is 0 Å². The Bertz CT molecular complexity index is 1020. The fourth-order valence-corrected chi connectivity index (χ4v) is 7.45. The first kappa shape index (κ1) is 57.6. The lowest BCUT2D eigenvalue weighted by Crippen LogP contribution is -2.30. The Hall–Kier alpha value is -2.37. The predicted octanol–water partition coefficient (Wildman–Crippen LogP) is 16.9. The van der Waals surface area contributed by atoms with Crippen molar-refractivity contribution in [2.75, 3.05) is 13.2 Å². The van der Waals surface area contributed by atoms with E-state index in [1.165, 1.54) is 154 Å². The van der Waals surface area contributed by atoms with Crippen LogP contribution in [-0.4, -0.2) is 37.2 Å². The zero-order valence-electron chi connectivity index (χ0n) is 40.0.